The van der Waals surface area contributed by atoms with Crippen molar-refractivity contribution < 1.29 is 9.53 Å². The summed E-state index contributed by atoms with van der Waals surface area (Å²) in [6, 6.07) is 5.40. The van der Waals surface area contributed by atoms with Gasteiger partial charge >= 0.3 is 0 Å². The Hall–Kier alpha value is -1.26. The Labute approximate surface area is 106 Å². The molecule has 1 saturated heterocycles. The Kier molecular flexibility index (Phi) is 3.86. The van der Waals surface area contributed by atoms with Crippen LogP contribution >= 0.6 is 11.6 Å². The van der Waals surface area contributed by atoms with Crippen LogP contribution in [-0.2, 0) is 4.79 Å². The molecule has 1 aliphatic rings. The van der Waals surface area contributed by atoms with Gasteiger partial charge in [-0.05, 0) is 31.2 Å². The van der Waals surface area contributed by atoms with Crippen molar-refractivity contribution in [3.63, 3.8) is 0 Å². The summed E-state index contributed by atoms with van der Waals surface area (Å²) < 4.78 is 5.09. The van der Waals surface area contributed by atoms with E-state index in [1.165, 1.54) is 0 Å². The highest BCUT2D eigenvalue weighted by molar-refractivity contribution is 6.32. The monoisotopic (exact) mass is 254 g/mol. The minimum absolute atomic E-state index is 0.0729. The number of halogens is 1. The first kappa shape index (κ1) is 12.2. The third-order valence-corrected chi connectivity index (χ3v) is 3.05. The molecule has 0 saturated carbocycles. The number of ether oxygens (including phenoxy) is 1. The van der Waals surface area contributed by atoms with E-state index in [1.807, 2.05) is 6.07 Å². The molecule has 0 radical (unpaired) electrons. The number of nitrogens with zero attached hydrogens (tertiary/aromatic N) is 1. The maximum Gasteiger partial charge on any atom is 0.240 e. The summed E-state index contributed by atoms with van der Waals surface area (Å²) in [5, 5.41) is 3.61. The highest BCUT2D eigenvalue weighted by Crippen LogP contribution is 2.29. The summed E-state index contributed by atoms with van der Waals surface area (Å²) in [5.41, 5.74) is 0.824. The van der Waals surface area contributed by atoms with Gasteiger partial charge in [0, 0.05) is 12.2 Å². The molecule has 1 aromatic rings. The van der Waals surface area contributed by atoms with Crippen molar-refractivity contribution in [2.45, 2.75) is 6.42 Å². The molecule has 1 aromatic carbocycles. The van der Waals surface area contributed by atoms with Crippen LogP contribution < -0.4 is 15.0 Å². The summed E-state index contributed by atoms with van der Waals surface area (Å²) in [6.07, 6.45) is 0.940. The van der Waals surface area contributed by atoms with E-state index in [0.717, 1.165) is 18.7 Å². The Morgan fingerprint density at radius 2 is 2.29 bits per heavy atom. The van der Waals surface area contributed by atoms with E-state index in [9.17, 15) is 4.79 Å². The van der Waals surface area contributed by atoms with E-state index in [-0.39, 0.29) is 5.91 Å². The molecule has 0 atom stereocenters. The average Bonchev–Trinajstić information content (AvgIpc) is 2.54. The zero-order valence-corrected chi connectivity index (χ0v) is 10.5. The van der Waals surface area contributed by atoms with Gasteiger partial charge in [0.2, 0.25) is 5.91 Å². The lowest BCUT2D eigenvalue weighted by atomic mass is 10.2. The van der Waals surface area contributed by atoms with Gasteiger partial charge in [0.05, 0.1) is 18.7 Å². The van der Waals surface area contributed by atoms with Gasteiger partial charge in [-0.15, -0.1) is 0 Å². The van der Waals surface area contributed by atoms with Crippen molar-refractivity contribution in [3.8, 4) is 5.75 Å². The average molecular weight is 255 g/mol. The topological polar surface area (TPSA) is 41.6 Å². The van der Waals surface area contributed by atoms with E-state index >= 15 is 0 Å². The maximum atomic E-state index is 11.9. The zero-order chi connectivity index (χ0) is 12.3. The number of methoxy groups -OCH3 is 1. The second-order valence-corrected chi connectivity index (χ2v) is 4.30. The summed E-state index contributed by atoms with van der Waals surface area (Å²) in [7, 11) is 1.57. The van der Waals surface area contributed by atoms with Crippen LogP contribution in [0.15, 0.2) is 18.2 Å². The van der Waals surface area contributed by atoms with Crippen LogP contribution in [0.25, 0.3) is 0 Å². The number of carbonyl (C=O) groups excluding carboxylic acids is 1. The highest BCUT2D eigenvalue weighted by Gasteiger charge is 2.18. The van der Waals surface area contributed by atoms with Crippen molar-refractivity contribution in [1.29, 1.82) is 0 Å². The Balaban J connectivity index is 2.26. The van der Waals surface area contributed by atoms with Crippen LogP contribution in [0.5, 0.6) is 5.75 Å². The number of anilines is 1. The molecule has 0 aromatic heterocycles. The summed E-state index contributed by atoms with van der Waals surface area (Å²) in [4.78, 5) is 13.6. The van der Waals surface area contributed by atoms with Crippen LogP contribution in [0, 0.1) is 0 Å². The van der Waals surface area contributed by atoms with Crippen LogP contribution in [-0.4, -0.2) is 32.7 Å². The van der Waals surface area contributed by atoms with Gasteiger partial charge in [-0.3, -0.25) is 4.79 Å². The van der Waals surface area contributed by atoms with Crippen LogP contribution in [0.3, 0.4) is 0 Å². The standard InChI is InChI=1S/C12H15ClN2O2/c1-17-11-4-3-9(7-10(11)13)15-6-2-5-14-8-12(15)16/h3-4,7,14H,2,5-6,8H2,1H3. The molecule has 0 aliphatic carbocycles. The van der Waals surface area contributed by atoms with Crippen molar-refractivity contribution >= 4 is 23.2 Å². The normalized spacial score (nSPS) is 16.8. The molecule has 0 bridgehead atoms. The molecule has 17 heavy (non-hydrogen) atoms. The molecule has 1 fully saturated rings. The molecular formula is C12H15ClN2O2. The van der Waals surface area contributed by atoms with E-state index in [0.29, 0.717) is 23.9 Å². The number of carbonyl (C=O) groups is 1. The first-order valence-corrected chi connectivity index (χ1v) is 5.95. The molecule has 4 nitrogen and oxygen atoms in total. The number of benzene rings is 1. The predicted octanol–water partition coefficient (Wildman–Crippen LogP) is 1.67. The highest BCUT2D eigenvalue weighted by atomic mass is 35.5. The van der Waals surface area contributed by atoms with Gasteiger partial charge in [-0.25, -0.2) is 0 Å². The van der Waals surface area contributed by atoms with Crippen LogP contribution in [0.2, 0.25) is 5.02 Å². The molecule has 1 N–H and O–H groups in total. The first-order valence-electron chi connectivity index (χ1n) is 5.57. The SMILES string of the molecule is COc1ccc(N2CCCNCC2=O)cc1Cl. The lowest BCUT2D eigenvalue weighted by Crippen LogP contribution is -2.34. The molecule has 1 heterocycles. The summed E-state index contributed by atoms with van der Waals surface area (Å²) in [5.74, 6) is 0.694. The smallest absolute Gasteiger partial charge is 0.240 e. The Morgan fingerprint density at radius 1 is 1.47 bits per heavy atom. The Morgan fingerprint density at radius 3 is 3.00 bits per heavy atom. The largest absolute Gasteiger partial charge is 0.495 e. The fourth-order valence-corrected chi connectivity index (χ4v) is 2.13. The van der Waals surface area contributed by atoms with Crippen molar-refractivity contribution in [2.24, 2.45) is 0 Å². The first-order chi connectivity index (χ1) is 8.22. The maximum absolute atomic E-state index is 11.9. The number of hydrogen-bond acceptors (Lipinski definition) is 3. The van der Waals surface area contributed by atoms with E-state index in [1.54, 1.807) is 24.1 Å². The number of rotatable bonds is 2. The number of hydrogen-bond donors (Lipinski definition) is 1. The van der Waals surface area contributed by atoms with E-state index in [4.69, 9.17) is 16.3 Å². The quantitative estimate of drug-likeness (QED) is 0.873. The van der Waals surface area contributed by atoms with Crippen molar-refractivity contribution in [1.82, 2.24) is 5.32 Å². The summed E-state index contributed by atoms with van der Waals surface area (Å²) >= 11 is 6.06. The minimum atomic E-state index is 0.0729. The molecule has 5 heteroatoms. The van der Waals surface area contributed by atoms with Crippen molar-refractivity contribution in [3.05, 3.63) is 23.2 Å². The van der Waals surface area contributed by atoms with Gasteiger partial charge in [0.25, 0.3) is 0 Å². The van der Waals surface area contributed by atoms with Gasteiger partial charge in [0.15, 0.2) is 0 Å². The van der Waals surface area contributed by atoms with Crippen LogP contribution in [0.1, 0.15) is 6.42 Å². The fraction of sp³-hybridized carbons (Fsp3) is 0.417. The minimum Gasteiger partial charge on any atom is -0.495 e. The van der Waals surface area contributed by atoms with E-state index in [2.05, 4.69) is 5.32 Å². The molecule has 2 rings (SSSR count). The Bertz CT molecular complexity index is 423. The van der Waals surface area contributed by atoms with Crippen molar-refractivity contribution in [2.75, 3.05) is 31.6 Å². The summed E-state index contributed by atoms with van der Waals surface area (Å²) in [6.45, 7) is 1.96. The van der Waals surface area contributed by atoms with Gasteiger partial charge in [-0.1, -0.05) is 11.6 Å². The van der Waals surface area contributed by atoms with Gasteiger partial charge in [-0.2, -0.15) is 0 Å². The second-order valence-electron chi connectivity index (χ2n) is 3.89. The molecule has 1 amide bonds. The molecular weight excluding hydrogens is 240 g/mol. The second kappa shape index (κ2) is 5.38. The number of nitrogens with one attached hydrogen (secondary N) is 1. The number of amides is 1. The third-order valence-electron chi connectivity index (χ3n) is 2.76. The molecule has 0 unspecified atom stereocenters. The van der Waals surface area contributed by atoms with Gasteiger partial charge < -0.3 is 15.0 Å². The molecule has 92 valence electrons. The lowest BCUT2D eigenvalue weighted by molar-refractivity contribution is -0.117. The van der Waals surface area contributed by atoms with Crippen LogP contribution in [0.4, 0.5) is 5.69 Å². The third kappa shape index (κ3) is 2.70. The fourth-order valence-electron chi connectivity index (χ4n) is 1.87. The predicted molar refractivity (Wildman–Crippen MR) is 67.8 cm³/mol. The molecule has 1 aliphatic heterocycles. The van der Waals surface area contributed by atoms with E-state index < -0.39 is 0 Å². The molecule has 0 spiro atoms. The zero-order valence-electron chi connectivity index (χ0n) is 9.70. The van der Waals surface area contributed by atoms with Gasteiger partial charge in [0.1, 0.15) is 5.75 Å². The lowest BCUT2D eigenvalue weighted by Gasteiger charge is -2.20.